The molecular formula is C15H24ClNO2. The van der Waals surface area contributed by atoms with Gasteiger partial charge in [-0.3, -0.25) is 0 Å². The first-order valence-corrected chi connectivity index (χ1v) is 7.08. The van der Waals surface area contributed by atoms with Crippen molar-refractivity contribution in [3.05, 3.63) is 22.7 Å². The van der Waals surface area contributed by atoms with Crippen LogP contribution in [0.25, 0.3) is 0 Å². The van der Waals surface area contributed by atoms with E-state index in [-0.39, 0.29) is 6.04 Å². The standard InChI is InChI=1S/C15H24ClNO2/c1-5-11(7-6-10(2)17)12-8-15(19-4)13(16)9-14(12)18-3/h8-11H,5-7,17H2,1-4H3. The van der Waals surface area contributed by atoms with Crippen LogP contribution < -0.4 is 15.2 Å². The molecule has 0 aromatic heterocycles. The Morgan fingerprint density at radius 2 is 1.79 bits per heavy atom. The fourth-order valence-electron chi connectivity index (χ4n) is 2.25. The average molecular weight is 286 g/mol. The first-order chi connectivity index (χ1) is 9.03. The molecule has 0 saturated heterocycles. The number of hydrogen-bond donors (Lipinski definition) is 1. The van der Waals surface area contributed by atoms with Crippen LogP contribution in [0.4, 0.5) is 0 Å². The number of methoxy groups -OCH3 is 2. The second-order valence-corrected chi connectivity index (χ2v) is 5.30. The van der Waals surface area contributed by atoms with E-state index in [1.54, 1.807) is 14.2 Å². The fourth-order valence-corrected chi connectivity index (χ4v) is 2.48. The van der Waals surface area contributed by atoms with Crippen molar-refractivity contribution < 1.29 is 9.47 Å². The maximum Gasteiger partial charge on any atom is 0.138 e. The molecule has 2 unspecified atom stereocenters. The third kappa shape index (κ3) is 4.29. The largest absolute Gasteiger partial charge is 0.496 e. The van der Waals surface area contributed by atoms with Gasteiger partial charge in [-0.15, -0.1) is 0 Å². The van der Waals surface area contributed by atoms with Crippen molar-refractivity contribution in [1.29, 1.82) is 0 Å². The maximum absolute atomic E-state index is 6.13. The van der Waals surface area contributed by atoms with Crippen LogP contribution in [0.5, 0.6) is 11.5 Å². The number of hydrogen-bond acceptors (Lipinski definition) is 3. The Balaban J connectivity index is 3.06. The SMILES string of the molecule is CCC(CCC(C)N)c1cc(OC)c(Cl)cc1OC. The average Bonchev–Trinajstić information content (AvgIpc) is 2.39. The highest BCUT2D eigenvalue weighted by atomic mass is 35.5. The summed E-state index contributed by atoms with van der Waals surface area (Å²) >= 11 is 6.13. The summed E-state index contributed by atoms with van der Waals surface area (Å²) in [5, 5.41) is 0.574. The van der Waals surface area contributed by atoms with Crippen molar-refractivity contribution in [2.75, 3.05) is 14.2 Å². The van der Waals surface area contributed by atoms with Crippen LogP contribution in [0.15, 0.2) is 12.1 Å². The zero-order valence-electron chi connectivity index (χ0n) is 12.2. The summed E-state index contributed by atoms with van der Waals surface area (Å²) in [6, 6.07) is 4.02. The Morgan fingerprint density at radius 3 is 2.26 bits per heavy atom. The molecule has 0 amide bonds. The first-order valence-electron chi connectivity index (χ1n) is 6.70. The lowest BCUT2D eigenvalue weighted by Crippen LogP contribution is -2.16. The lowest BCUT2D eigenvalue weighted by atomic mass is 9.89. The van der Waals surface area contributed by atoms with Crippen molar-refractivity contribution in [3.63, 3.8) is 0 Å². The number of benzene rings is 1. The van der Waals surface area contributed by atoms with Crippen molar-refractivity contribution >= 4 is 11.6 Å². The Hall–Kier alpha value is -0.930. The molecule has 1 aromatic rings. The smallest absolute Gasteiger partial charge is 0.138 e. The van der Waals surface area contributed by atoms with Crippen molar-refractivity contribution in [2.24, 2.45) is 5.73 Å². The van der Waals surface area contributed by atoms with Crippen LogP contribution in [0, 0.1) is 0 Å². The van der Waals surface area contributed by atoms with Gasteiger partial charge in [0, 0.05) is 17.7 Å². The van der Waals surface area contributed by atoms with Gasteiger partial charge in [-0.2, -0.15) is 0 Å². The molecule has 0 heterocycles. The topological polar surface area (TPSA) is 44.5 Å². The molecule has 4 heteroatoms. The number of nitrogens with two attached hydrogens (primary N) is 1. The van der Waals surface area contributed by atoms with Gasteiger partial charge in [0.1, 0.15) is 11.5 Å². The Labute approximate surface area is 121 Å². The lowest BCUT2D eigenvalue weighted by Gasteiger charge is -2.20. The molecule has 1 rings (SSSR count). The summed E-state index contributed by atoms with van der Waals surface area (Å²) in [4.78, 5) is 0. The summed E-state index contributed by atoms with van der Waals surface area (Å²) in [7, 11) is 3.29. The normalized spacial score (nSPS) is 14.0. The molecular weight excluding hydrogens is 262 g/mol. The summed E-state index contributed by atoms with van der Waals surface area (Å²) in [6.45, 7) is 4.21. The molecule has 108 valence electrons. The predicted octanol–water partition coefficient (Wildman–Crippen LogP) is 3.98. The van der Waals surface area contributed by atoms with E-state index in [1.165, 1.54) is 0 Å². The summed E-state index contributed by atoms with van der Waals surface area (Å²) in [5.74, 6) is 1.92. The molecule has 0 fully saturated rings. The molecule has 0 aliphatic heterocycles. The summed E-state index contributed by atoms with van der Waals surface area (Å²) in [6.07, 6.45) is 3.07. The minimum absolute atomic E-state index is 0.217. The first kappa shape index (κ1) is 16.1. The number of halogens is 1. The second kappa shape index (κ2) is 7.61. The van der Waals surface area contributed by atoms with Crippen molar-refractivity contribution in [3.8, 4) is 11.5 Å². The fraction of sp³-hybridized carbons (Fsp3) is 0.600. The zero-order chi connectivity index (χ0) is 14.4. The zero-order valence-corrected chi connectivity index (χ0v) is 13.0. The van der Waals surface area contributed by atoms with Gasteiger partial charge in [0.05, 0.1) is 19.2 Å². The Morgan fingerprint density at radius 1 is 1.16 bits per heavy atom. The van der Waals surface area contributed by atoms with Crippen LogP contribution in [-0.2, 0) is 0 Å². The molecule has 19 heavy (non-hydrogen) atoms. The van der Waals surface area contributed by atoms with Crippen LogP contribution in [0.3, 0.4) is 0 Å². The molecule has 0 bridgehead atoms. The van der Waals surface area contributed by atoms with Gasteiger partial charge < -0.3 is 15.2 Å². The lowest BCUT2D eigenvalue weighted by molar-refractivity contribution is 0.391. The van der Waals surface area contributed by atoms with E-state index in [2.05, 4.69) is 6.92 Å². The van der Waals surface area contributed by atoms with E-state index in [9.17, 15) is 0 Å². The van der Waals surface area contributed by atoms with Crippen LogP contribution in [0.1, 0.15) is 44.6 Å². The molecule has 3 nitrogen and oxygen atoms in total. The molecule has 2 N–H and O–H groups in total. The summed E-state index contributed by atoms with van der Waals surface area (Å²) < 4.78 is 10.7. The number of ether oxygens (including phenoxy) is 2. The molecule has 0 aliphatic carbocycles. The molecule has 0 spiro atoms. The van der Waals surface area contributed by atoms with Gasteiger partial charge in [-0.1, -0.05) is 18.5 Å². The van der Waals surface area contributed by atoms with Gasteiger partial charge in [0.2, 0.25) is 0 Å². The summed E-state index contributed by atoms with van der Waals surface area (Å²) in [5.41, 5.74) is 6.99. The Bertz CT molecular complexity index is 407. The van der Waals surface area contributed by atoms with E-state index in [0.717, 1.165) is 30.6 Å². The molecule has 0 aliphatic rings. The highest BCUT2D eigenvalue weighted by Gasteiger charge is 2.18. The minimum Gasteiger partial charge on any atom is -0.496 e. The van der Waals surface area contributed by atoms with Crippen molar-refractivity contribution in [1.82, 2.24) is 0 Å². The molecule has 0 saturated carbocycles. The van der Waals surface area contributed by atoms with Gasteiger partial charge in [0.25, 0.3) is 0 Å². The Kier molecular flexibility index (Phi) is 6.46. The predicted molar refractivity (Wildman–Crippen MR) is 80.5 cm³/mol. The third-order valence-corrected chi connectivity index (χ3v) is 3.70. The van der Waals surface area contributed by atoms with Gasteiger partial charge in [0.15, 0.2) is 0 Å². The molecule has 0 radical (unpaired) electrons. The van der Waals surface area contributed by atoms with E-state index < -0.39 is 0 Å². The number of rotatable bonds is 7. The van der Waals surface area contributed by atoms with Crippen LogP contribution >= 0.6 is 11.6 Å². The van der Waals surface area contributed by atoms with Crippen molar-refractivity contribution in [2.45, 2.75) is 45.1 Å². The van der Waals surface area contributed by atoms with E-state index >= 15 is 0 Å². The third-order valence-electron chi connectivity index (χ3n) is 3.41. The highest BCUT2D eigenvalue weighted by Crippen LogP contribution is 2.39. The molecule has 2 atom stereocenters. The van der Waals surface area contributed by atoms with E-state index in [0.29, 0.717) is 16.7 Å². The maximum atomic E-state index is 6.13. The van der Waals surface area contributed by atoms with Crippen LogP contribution in [-0.4, -0.2) is 20.3 Å². The van der Waals surface area contributed by atoms with Gasteiger partial charge >= 0.3 is 0 Å². The van der Waals surface area contributed by atoms with E-state index in [4.69, 9.17) is 26.8 Å². The van der Waals surface area contributed by atoms with E-state index in [1.807, 2.05) is 19.1 Å². The monoisotopic (exact) mass is 285 g/mol. The second-order valence-electron chi connectivity index (χ2n) is 4.89. The molecule has 1 aromatic carbocycles. The quantitative estimate of drug-likeness (QED) is 0.824. The van der Waals surface area contributed by atoms with Gasteiger partial charge in [-0.25, -0.2) is 0 Å². The minimum atomic E-state index is 0.217. The van der Waals surface area contributed by atoms with Gasteiger partial charge in [-0.05, 0) is 38.2 Å². The highest BCUT2D eigenvalue weighted by molar-refractivity contribution is 6.32. The van der Waals surface area contributed by atoms with Crippen LogP contribution in [0.2, 0.25) is 5.02 Å².